The van der Waals surface area contributed by atoms with E-state index in [9.17, 15) is 4.79 Å². The molecule has 0 saturated carbocycles. The number of benzene rings is 1. The van der Waals surface area contributed by atoms with Crippen molar-refractivity contribution in [3.8, 4) is 5.69 Å². The smallest absolute Gasteiger partial charge is 0.258 e. The summed E-state index contributed by atoms with van der Waals surface area (Å²) < 4.78 is 1.64. The topological polar surface area (TPSA) is 38.1 Å². The predicted molar refractivity (Wildman–Crippen MR) is 87.6 cm³/mol. The quantitative estimate of drug-likeness (QED) is 0.847. The summed E-state index contributed by atoms with van der Waals surface area (Å²) >= 11 is 6.46. The number of halogens is 1. The lowest BCUT2D eigenvalue weighted by molar-refractivity contribution is 0.0696. The van der Waals surface area contributed by atoms with Crippen LogP contribution in [0.25, 0.3) is 5.69 Å². The number of carbonyl (C=O) groups is 1. The molecule has 1 amide bonds. The first-order valence-electron chi connectivity index (χ1n) is 7.67. The first kappa shape index (κ1) is 15.1. The third-order valence-corrected chi connectivity index (χ3v) is 4.64. The van der Waals surface area contributed by atoms with Gasteiger partial charge in [-0.2, -0.15) is 5.10 Å². The number of likely N-dealkylation sites (tertiary alicyclic amines) is 1. The minimum Gasteiger partial charge on any atom is -0.338 e. The average molecular weight is 318 g/mol. The Balaban J connectivity index is 1.91. The second-order valence-electron chi connectivity index (χ2n) is 5.97. The minimum atomic E-state index is -0.00317. The number of aromatic nitrogens is 2. The van der Waals surface area contributed by atoms with Gasteiger partial charge in [0.2, 0.25) is 0 Å². The molecule has 1 aromatic carbocycles. The van der Waals surface area contributed by atoms with Gasteiger partial charge in [-0.3, -0.25) is 4.79 Å². The van der Waals surface area contributed by atoms with E-state index in [2.05, 4.69) is 12.0 Å². The van der Waals surface area contributed by atoms with Crippen LogP contribution in [0.15, 0.2) is 30.3 Å². The van der Waals surface area contributed by atoms with Crippen LogP contribution in [0, 0.1) is 12.8 Å². The van der Waals surface area contributed by atoms with Gasteiger partial charge in [-0.05, 0) is 37.8 Å². The summed E-state index contributed by atoms with van der Waals surface area (Å²) in [6, 6.07) is 9.64. The zero-order valence-corrected chi connectivity index (χ0v) is 13.7. The van der Waals surface area contributed by atoms with Gasteiger partial charge in [-0.1, -0.05) is 36.7 Å². The van der Waals surface area contributed by atoms with Gasteiger partial charge in [-0.25, -0.2) is 4.68 Å². The van der Waals surface area contributed by atoms with Gasteiger partial charge in [0.05, 0.1) is 16.9 Å². The van der Waals surface area contributed by atoms with Crippen molar-refractivity contribution < 1.29 is 4.79 Å². The first-order valence-corrected chi connectivity index (χ1v) is 8.05. The fourth-order valence-electron chi connectivity index (χ4n) is 2.85. The van der Waals surface area contributed by atoms with Crippen LogP contribution in [0.4, 0.5) is 0 Å². The third-order valence-electron chi connectivity index (χ3n) is 4.29. The Morgan fingerprint density at radius 1 is 1.23 bits per heavy atom. The molecule has 1 fully saturated rings. The fourth-order valence-corrected chi connectivity index (χ4v) is 3.21. The molecule has 1 aromatic heterocycles. The van der Waals surface area contributed by atoms with Crippen molar-refractivity contribution in [1.82, 2.24) is 14.7 Å². The molecule has 0 spiro atoms. The monoisotopic (exact) mass is 317 g/mol. The van der Waals surface area contributed by atoms with E-state index in [0.29, 0.717) is 22.3 Å². The zero-order chi connectivity index (χ0) is 15.7. The Kier molecular flexibility index (Phi) is 4.21. The van der Waals surface area contributed by atoms with E-state index >= 15 is 0 Å². The van der Waals surface area contributed by atoms with Crippen molar-refractivity contribution >= 4 is 17.5 Å². The van der Waals surface area contributed by atoms with Gasteiger partial charge in [0.25, 0.3) is 5.91 Å². The Morgan fingerprint density at radius 3 is 2.50 bits per heavy atom. The Bertz CT molecular complexity index is 673. The number of nitrogens with zero attached hydrogens (tertiary/aromatic N) is 3. The summed E-state index contributed by atoms with van der Waals surface area (Å²) in [4.78, 5) is 14.7. The van der Waals surface area contributed by atoms with E-state index in [4.69, 9.17) is 11.6 Å². The summed E-state index contributed by atoms with van der Waals surface area (Å²) in [5, 5.41) is 4.84. The summed E-state index contributed by atoms with van der Waals surface area (Å²) in [5.41, 5.74) is 2.07. The molecule has 0 bridgehead atoms. The van der Waals surface area contributed by atoms with Crippen LogP contribution in [-0.4, -0.2) is 33.7 Å². The molecule has 3 rings (SSSR count). The third kappa shape index (κ3) is 2.75. The van der Waals surface area contributed by atoms with Crippen LogP contribution in [0.3, 0.4) is 0 Å². The van der Waals surface area contributed by atoms with Crippen molar-refractivity contribution in [3.63, 3.8) is 0 Å². The molecule has 22 heavy (non-hydrogen) atoms. The van der Waals surface area contributed by atoms with Crippen LogP contribution >= 0.6 is 11.6 Å². The maximum absolute atomic E-state index is 12.8. The number of para-hydroxylation sites is 1. The Hall–Kier alpha value is -1.81. The van der Waals surface area contributed by atoms with E-state index in [0.717, 1.165) is 31.6 Å². The predicted octanol–water partition coefficient (Wildman–Crippen LogP) is 3.71. The van der Waals surface area contributed by atoms with Crippen LogP contribution in [0.1, 0.15) is 35.8 Å². The minimum absolute atomic E-state index is 0.00317. The van der Waals surface area contributed by atoms with Gasteiger partial charge in [0, 0.05) is 13.1 Å². The normalized spacial score (nSPS) is 16.0. The molecule has 2 heterocycles. The van der Waals surface area contributed by atoms with Crippen molar-refractivity contribution in [1.29, 1.82) is 0 Å². The Labute approximate surface area is 135 Å². The van der Waals surface area contributed by atoms with Gasteiger partial charge in [0.15, 0.2) is 0 Å². The Morgan fingerprint density at radius 2 is 1.86 bits per heavy atom. The van der Waals surface area contributed by atoms with Crippen molar-refractivity contribution in [2.24, 2.45) is 5.92 Å². The number of hydrogen-bond donors (Lipinski definition) is 0. The van der Waals surface area contributed by atoms with Crippen molar-refractivity contribution in [2.45, 2.75) is 26.7 Å². The standard InChI is InChI=1S/C17H20ClN3O/c1-12-8-10-20(11-9-12)17(22)15-13(2)19-21(16(15)18)14-6-4-3-5-7-14/h3-7,12H,8-11H2,1-2H3. The molecule has 4 nitrogen and oxygen atoms in total. The lowest BCUT2D eigenvalue weighted by Crippen LogP contribution is -2.38. The van der Waals surface area contributed by atoms with Gasteiger partial charge < -0.3 is 4.90 Å². The van der Waals surface area contributed by atoms with Crippen molar-refractivity contribution in [2.75, 3.05) is 13.1 Å². The van der Waals surface area contributed by atoms with Crippen LogP contribution < -0.4 is 0 Å². The van der Waals surface area contributed by atoms with Crippen LogP contribution in [-0.2, 0) is 0 Å². The van der Waals surface area contributed by atoms with Crippen LogP contribution in [0.2, 0.25) is 5.15 Å². The summed E-state index contributed by atoms with van der Waals surface area (Å²) in [5.74, 6) is 0.684. The SMILES string of the molecule is Cc1nn(-c2ccccc2)c(Cl)c1C(=O)N1CCC(C)CC1. The van der Waals surface area contributed by atoms with E-state index in [1.807, 2.05) is 42.2 Å². The lowest BCUT2D eigenvalue weighted by Gasteiger charge is -2.30. The largest absolute Gasteiger partial charge is 0.338 e. The number of amides is 1. The van der Waals surface area contributed by atoms with E-state index in [1.165, 1.54) is 0 Å². The molecule has 0 radical (unpaired) electrons. The van der Waals surface area contributed by atoms with Gasteiger partial charge in [-0.15, -0.1) is 0 Å². The molecule has 0 N–H and O–H groups in total. The second kappa shape index (κ2) is 6.13. The molecule has 2 aromatic rings. The number of piperidine rings is 1. The lowest BCUT2D eigenvalue weighted by atomic mass is 9.99. The zero-order valence-electron chi connectivity index (χ0n) is 12.9. The van der Waals surface area contributed by atoms with Gasteiger partial charge >= 0.3 is 0 Å². The number of rotatable bonds is 2. The molecule has 116 valence electrons. The number of carbonyl (C=O) groups excluding carboxylic acids is 1. The molecule has 0 unspecified atom stereocenters. The molecule has 1 saturated heterocycles. The number of aryl methyl sites for hydroxylation is 1. The molecule has 5 heteroatoms. The van der Waals surface area contributed by atoms with Crippen LogP contribution in [0.5, 0.6) is 0 Å². The second-order valence-corrected chi connectivity index (χ2v) is 6.33. The maximum atomic E-state index is 12.8. The molecule has 1 aliphatic heterocycles. The summed E-state index contributed by atoms with van der Waals surface area (Å²) in [6.07, 6.45) is 2.10. The summed E-state index contributed by atoms with van der Waals surface area (Å²) in [7, 11) is 0. The van der Waals surface area contributed by atoms with Gasteiger partial charge in [0.1, 0.15) is 5.15 Å². The maximum Gasteiger partial charge on any atom is 0.258 e. The van der Waals surface area contributed by atoms with Crippen molar-refractivity contribution in [3.05, 3.63) is 46.7 Å². The molecule has 0 atom stereocenters. The highest BCUT2D eigenvalue weighted by molar-refractivity contribution is 6.33. The molecular formula is C17H20ClN3O. The van der Waals surface area contributed by atoms with E-state index < -0.39 is 0 Å². The molecule has 0 aliphatic carbocycles. The number of hydrogen-bond acceptors (Lipinski definition) is 2. The highest BCUT2D eigenvalue weighted by Gasteiger charge is 2.27. The molecule has 1 aliphatic rings. The first-order chi connectivity index (χ1) is 10.6. The molecular weight excluding hydrogens is 298 g/mol. The average Bonchev–Trinajstić information content (AvgIpc) is 2.83. The summed E-state index contributed by atoms with van der Waals surface area (Å²) in [6.45, 7) is 5.66. The van der Waals surface area contributed by atoms with E-state index in [1.54, 1.807) is 4.68 Å². The fraction of sp³-hybridized carbons (Fsp3) is 0.412. The highest BCUT2D eigenvalue weighted by atomic mass is 35.5. The highest BCUT2D eigenvalue weighted by Crippen LogP contribution is 2.26. The van der Waals surface area contributed by atoms with E-state index in [-0.39, 0.29) is 5.91 Å².